The van der Waals surface area contributed by atoms with E-state index in [1.54, 1.807) is 0 Å². The van der Waals surface area contributed by atoms with Crippen LogP contribution in [0.15, 0.2) is 39.7 Å². The number of halogens is 1. The fourth-order valence-corrected chi connectivity index (χ4v) is 3.76. The highest BCUT2D eigenvalue weighted by Crippen LogP contribution is 2.19. The SMILES string of the molecule is CCN1CCCC1CN(C)C(=NC)NCCc1cc2ccccc2o1.I. The summed E-state index contributed by atoms with van der Waals surface area (Å²) >= 11 is 0. The summed E-state index contributed by atoms with van der Waals surface area (Å²) in [6.07, 6.45) is 3.45. The Morgan fingerprint density at radius 2 is 2.19 bits per heavy atom. The van der Waals surface area contributed by atoms with Crippen molar-refractivity contribution < 1.29 is 4.42 Å². The van der Waals surface area contributed by atoms with Crippen LogP contribution in [0, 0.1) is 0 Å². The average Bonchev–Trinajstić information content (AvgIpc) is 3.24. The van der Waals surface area contributed by atoms with Crippen LogP contribution in [0.4, 0.5) is 0 Å². The molecule has 1 N–H and O–H groups in total. The molecule has 0 spiro atoms. The van der Waals surface area contributed by atoms with Gasteiger partial charge in [-0.25, -0.2) is 0 Å². The molecule has 1 aromatic carbocycles. The molecule has 1 unspecified atom stereocenters. The number of guanidine groups is 1. The monoisotopic (exact) mass is 470 g/mol. The number of rotatable bonds is 6. The number of furan rings is 1. The maximum atomic E-state index is 5.88. The van der Waals surface area contributed by atoms with Crippen molar-refractivity contribution in [3.8, 4) is 0 Å². The van der Waals surface area contributed by atoms with Gasteiger partial charge in [-0.05, 0) is 38.1 Å². The van der Waals surface area contributed by atoms with Crippen molar-refractivity contribution in [3.05, 3.63) is 36.1 Å². The number of para-hydroxylation sites is 1. The Kier molecular flexibility index (Phi) is 8.21. The molecular formula is C20H31IN4O. The number of likely N-dealkylation sites (tertiary alicyclic amines) is 1. The number of likely N-dealkylation sites (N-methyl/N-ethyl adjacent to an activating group) is 2. The third-order valence-electron chi connectivity index (χ3n) is 5.09. The van der Waals surface area contributed by atoms with Crippen molar-refractivity contribution in [1.82, 2.24) is 15.1 Å². The Hall–Kier alpha value is -1.28. The van der Waals surface area contributed by atoms with Crippen LogP contribution in [0.25, 0.3) is 11.0 Å². The summed E-state index contributed by atoms with van der Waals surface area (Å²) in [5.41, 5.74) is 0.958. The van der Waals surface area contributed by atoms with Crippen LogP contribution in [0.3, 0.4) is 0 Å². The lowest BCUT2D eigenvalue weighted by Crippen LogP contribution is -2.46. The first-order chi connectivity index (χ1) is 12.2. The Balaban J connectivity index is 0.00000243. The summed E-state index contributed by atoms with van der Waals surface area (Å²) in [5.74, 6) is 1.97. The summed E-state index contributed by atoms with van der Waals surface area (Å²) in [6.45, 7) is 6.46. The van der Waals surface area contributed by atoms with Gasteiger partial charge in [0.1, 0.15) is 11.3 Å². The second kappa shape index (κ2) is 10.2. The van der Waals surface area contributed by atoms with Crippen LogP contribution in [0.1, 0.15) is 25.5 Å². The van der Waals surface area contributed by atoms with E-state index in [4.69, 9.17) is 4.42 Å². The minimum atomic E-state index is 0. The molecule has 6 heteroatoms. The summed E-state index contributed by atoms with van der Waals surface area (Å²) in [6, 6.07) is 10.9. The van der Waals surface area contributed by atoms with Gasteiger partial charge in [0.05, 0.1) is 0 Å². The molecule has 2 aromatic rings. The molecule has 0 saturated carbocycles. The Labute approximate surface area is 173 Å². The van der Waals surface area contributed by atoms with Gasteiger partial charge in [-0.1, -0.05) is 25.1 Å². The molecule has 0 bridgehead atoms. The van der Waals surface area contributed by atoms with E-state index in [0.717, 1.165) is 43.4 Å². The van der Waals surface area contributed by atoms with E-state index in [1.807, 2.05) is 25.2 Å². The topological polar surface area (TPSA) is 44.0 Å². The lowest BCUT2D eigenvalue weighted by Gasteiger charge is -2.29. The zero-order chi connectivity index (χ0) is 17.6. The van der Waals surface area contributed by atoms with Crippen LogP contribution in [0.2, 0.25) is 0 Å². The fraction of sp³-hybridized carbons (Fsp3) is 0.550. The number of nitrogens with one attached hydrogen (secondary N) is 1. The van der Waals surface area contributed by atoms with Gasteiger partial charge in [0.15, 0.2) is 5.96 Å². The predicted octanol–water partition coefficient (Wildman–Crippen LogP) is 3.58. The van der Waals surface area contributed by atoms with Crippen LogP contribution < -0.4 is 5.32 Å². The summed E-state index contributed by atoms with van der Waals surface area (Å²) in [7, 11) is 3.98. The molecular weight excluding hydrogens is 439 g/mol. The van der Waals surface area contributed by atoms with Crippen LogP contribution in [0.5, 0.6) is 0 Å². The standard InChI is InChI=1S/C20H30N4O.HI/c1-4-24-13-7-9-17(24)15-23(3)20(21-2)22-12-11-18-14-16-8-5-6-10-19(16)25-18;/h5-6,8,10,14,17H,4,7,9,11-13,15H2,1-3H3,(H,21,22);1H. The first kappa shape index (κ1) is 21.0. The largest absolute Gasteiger partial charge is 0.461 e. The second-order valence-electron chi connectivity index (χ2n) is 6.78. The molecule has 26 heavy (non-hydrogen) atoms. The molecule has 144 valence electrons. The Bertz CT molecular complexity index is 682. The van der Waals surface area contributed by atoms with Crippen molar-refractivity contribution in [1.29, 1.82) is 0 Å². The molecule has 1 aliphatic rings. The van der Waals surface area contributed by atoms with Crippen molar-refractivity contribution in [2.75, 3.05) is 40.3 Å². The van der Waals surface area contributed by atoms with Crippen molar-refractivity contribution in [2.24, 2.45) is 4.99 Å². The zero-order valence-electron chi connectivity index (χ0n) is 16.1. The molecule has 1 fully saturated rings. The summed E-state index contributed by atoms with van der Waals surface area (Å²) in [5, 5.41) is 4.63. The minimum absolute atomic E-state index is 0. The number of hydrogen-bond donors (Lipinski definition) is 1. The van der Waals surface area contributed by atoms with Gasteiger partial charge in [0, 0.05) is 45.0 Å². The maximum absolute atomic E-state index is 5.88. The number of fused-ring (bicyclic) bond motifs is 1. The maximum Gasteiger partial charge on any atom is 0.193 e. The molecule has 2 heterocycles. The normalized spacial score (nSPS) is 18.1. The van der Waals surface area contributed by atoms with Gasteiger partial charge < -0.3 is 14.6 Å². The highest BCUT2D eigenvalue weighted by molar-refractivity contribution is 14.0. The quantitative estimate of drug-likeness (QED) is 0.398. The molecule has 1 saturated heterocycles. The van der Waals surface area contributed by atoms with Crippen LogP contribution >= 0.6 is 24.0 Å². The van der Waals surface area contributed by atoms with E-state index < -0.39 is 0 Å². The van der Waals surface area contributed by atoms with E-state index in [-0.39, 0.29) is 24.0 Å². The molecule has 1 atom stereocenters. The zero-order valence-corrected chi connectivity index (χ0v) is 18.4. The fourth-order valence-electron chi connectivity index (χ4n) is 3.76. The lowest BCUT2D eigenvalue weighted by atomic mass is 10.2. The molecule has 0 aliphatic carbocycles. The molecule has 0 radical (unpaired) electrons. The van der Waals surface area contributed by atoms with Gasteiger partial charge in [-0.3, -0.25) is 9.89 Å². The average molecular weight is 470 g/mol. The number of nitrogens with zero attached hydrogens (tertiary/aromatic N) is 3. The van der Waals surface area contributed by atoms with E-state index in [1.165, 1.54) is 24.8 Å². The number of hydrogen-bond acceptors (Lipinski definition) is 3. The van der Waals surface area contributed by atoms with Crippen LogP contribution in [-0.4, -0.2) is 62.1 Å². The van der Waals surface area contributed by atoms with E-state index in [2.05, 4.69) is 46.2 Å². The molecule has 0 amide bonds. The third-order valence-corrected chi connectivity index (χ3v) is 5.09. The minimum Gasteiger partial charge on any atom is -0.461 e. The molecule has 1 aromatic heterocycles. The van der Waals surface area contributed by atoms with Crippen LogP contribution in [-0.2, 0) is 6.42 Å². The number of benzene rings is 1. The second-order valence-corrected chi connectivity index (χ2v) is 6.78. The van der Waals surface area contributed by atoms with E-state index >= 15 is 0 Å². The van der Waals surface area contributed by atoms with Crippen molar-refractivity contribution in [3.63, 3.8) is 0 Å². The molecule has 1 aliphatic heterocycles. The highest BCUT2D eigenvalue weighted by Gasteiger charge is 2.24. The van der Waals surface area contributed by atoms with Crippen molar-refractivity contribution in [2.45, 2.75) is 32.2 Å². The predicted molar refractivity (Wildman–Crippen MR) is 120 cm³/mol. The van der Waals surface area contributed by atoms with E-state index in [0.29, 0.717) is 6.04 Å². The lowest BCUT2D eigenvalue weighted by molar-refractivity contribution is 0.233. The molecule has 5 nitrogen and oxygen atoms in total. The van der Waals surface area contributed by atoms with Gasteiger partial charge in [0.2, 0.25) is 0 Å². The summed E-state index contributed by atoms with van der Waals surface area (Å²) in [4.78, 5) is 9.25. The van der Waals surface area contributed by atoms with Crippen molar-refractivity contribution >= 4 is 40.9 Å². The smallest absolute Gasteiger partial charge is 0.193 e. The van der Waals surface area contributed by atoms with Gasteiger partial charge in [0.25, 0.3) is 0 Å². The molecule has 3 rings (SSSR count). The number of aliphatic imine (C=N–C) groups is 1. The van der Waals surface area contributed by atoms with Gasteiger partial charge >= 0.3 is 0 Å². The highest BCUT2D eigenvalue weighted by atomic mass is 127. The van der Waals surface area contributed by atoms with E-state index in [9.17, 15) is 0 Å². The first-order valence-corrected chi connectivity index (χ1v) is 9.34. The third kappa shape index (κ3) is 5.13. The Morgan fingerprint density at radius 3 is 2.92 bits per heavy atom. The Morgan fingerprint density at radius 1 is 1.38 bits per heavy atom. The summed E-state index contributed by atoms with van der Waals surface area (Å²) < 4.78 is 5.88. The first-order valence-electron chi connectivity index (χ1n) is 9.34. The van der Waals surface area contributed by atoms with Gasteiger partial charge in [-0.2, -0.15) is 0 Å². The van der Waals surface area contributed by atoms with Gasteiger partial charge in [-0.15, -0.1) is 24.0 Å².